The Morgan fingerprint density at radius 1 is 1.29 bits per heavy atom. The number of ether oxygens (including phenoxy) is 1. The number of piperidine rings is 1. The Bertz CT molecular complexity index is 535. The smallest absolute Gasteiger partial charge is 0.220 e. The normalized spacial score (nSPS) is 21.7. The molecule has 1 amide bonds. The molecule has 1 unspecified atom stereocenters. The van der Waals surface area contributed by atoms with Crippen LogP contribution in [0.15, 0.2) is 24.3 Å². The molecule has 0 aromatic heterocycles. The van der Waals surface area contributed by atoms with E-state index in [9.17, 15) is 4.79 Å². The summed E-state index contributed by atoms with van der Waals surface area (Å²) in [4.78, 5) is 14.5. The van der Waals surface area contributed by atoms with Crippen LogP contribution in [0.1, 0.15) is 32.1 Å². The Balaban J connectivity index is 1.42. The predicted octanol–water partition coefficient (Wildman–Crippen LogP) is 2.17. The van der Waals surface area contributed by atoms with Crippen molar-refractivity contribution in [2.24, 2.45) is 5.92 Å². The maximum absolute atomic E-state index is 12.2. The van der Waals surface area contributed by atoms with Crippen molar-refractivity contribution in [3.8, 4) is 5.75 Å². The number of carbonyl (C=O) groups is 1. The van der Waals surface area contributed by atoms with E-state index in [1.165, 1.54) is 6.42 Å². The van der Waals surface area contributed by atoms with Gasteiger partial charge in [-0.1, -0.05) is 12.1 Å². The lowest BCUT2D eigenvalue weighted by atomic mass is 10.0. The average Bonchev–Trinajstić information content (AvgIpc) is 3.14. The van der Waals surface area contributed by atoms with E-state index in [4.69, 9.17) is 4.74 Å². The molecule has 0 saturated carbocycles. The van der Waals surface area contributed by atoms with Gasteiger partial charge in [0.2, 0.25) is 5.91 Å². The largest absolute Gasteiger partial charge is 0.495 e. The van der Waals surface area contributed by atoms with Gasteiger partial charge >= 0.3 is 0 Å². The number of anilines is 1. The van der Waals surface area contributed by atoms with E-state index < -0.39 is 0 Å². The highest BCUT2D eigenvalue weighted by Gasteiger charge is 2.23. The number of carbonyl (C=O) groups excluding carboxylic acids is 1. The van der Waals surface area contributed by atoms with Crippen LogP contribution in [0.25, 0.3) is 0 Å². The Kier molecular flexibility index (Phi) is 5.96. The maximum Gasteiger partial charge on any atom is 0.220 e. The quantitative estimate of drug-likeness (QED) is 0.839. The highest BCUT2D eigenvalue weighted by atomic mass is 16.5. The summed E-state index contributed by atoms with van der Waals surface area (Å²) in [6.07, 6.45) is 4.88. The van der Waals surface area contributed by atoms with Crippen molar-refractivity contribution in [3.05, 3.63) is 24.3 Å². The molecule has 0 spiro atoms. The van der Waals surface area contributed by atoms with E-state index in [2.05, 4.69) is 21.6 Å². The summed E-state index contributed by atoms with van der Waals surface area (Å²) >= 11 is 0. The van der Waals surface area contributed by atoms with Crippen molar-refractivity contribution in [1.82, 2.24) is 10.6 Å². The molecule has 2 saturated heterocycles. The molecule has 2 heterocycles. The second kappa shape index (κ2) is 8.38. The van der Waals surface area contributed by atoms with Gasteiger partial charge in [-0.05, 0) is 56.8 Å². The number of para-hydroxylation sites is 2. The number of hydrogen-bond donors (Lipinski definition) is 2. The second-order valence-corrected chi connectivity index (χ2v) is 6.90. The molecule has 3 rings (SSSR count). The lowest BCUT2D eigenvalue weighted by Crippen LogP contribution is -2.44. The van der Waals surface area contributed by atoms with Crippen molar-refractivity contribution >= 4 is 11.6 Å². The van der Waals surface area contributed by atoms with Crippen molar-refractivity contribution in [1.29, 1.82) is 0 Å². The van der Waals surface area contributed by atoms with E-state index in [0.29, 0.717) is 18.4 Å². The van der Waals surface area contributed by atoms with Crippen LogP contribution in [0.3, 0.4) is 0 Å². The molecule has 2 aliphatic heterocycles. The van der Waals surface area contributed by atoms with E-state index in [1.807, 2.05) is 18.2 Å². The van der Waals surface area contributed by atoms with Gasteiger partial charge in [-0.15, -0.1) is 0 Å². The highest BCUT2D eigenvalue weighted by molar-refractivity contribution is 5.76. The van der Waals surface area contributed by atoms with Crippen LogP contribution in [0.4, 0.5) is 5.69 Å². The fourth-order valence-corrected chi connectivity index (χ4v) is 3.75. The Morgan fingerprint density at radius 2 is 2.08 bits per heavy atom. The molecule has 5 heteroatoms. The van der Waals surface area contributed by atoms with Crippen LogP contribution in [0.5, 0.6) is 5.75 Å². The number of methoxy groups -OCH3 is 1. The van der Waals surface area contributed by atoms with Gasteiger partial charge in [0.25, 0.3) is 0 Å². The van der Waals surface area contributed by atoms with Gasteiger partial charge in [-0.2, -0.15) is 0 Å². The first kappa shape index (κ1) is 17.1. The molecule has 1 aromatic rings. The van der Waals surface area contributed by atoms with Gasteiger partial charge in [0.05, 0.1) is 12.8 Å². The standard InChI is InChI=1S/C19H29N3O2/c1-24-18-5-3-2-4-17(18)22-12-9-16(10-13-22)21-19(23)7-6-15-8-11-20-14-15/h2-5,15-16,20H,6-14H2,1H3,(H,21,23). The Hall–Kier alpha value is -1.75. The van der Waals surface area contributed by atoms with Crippen molar-refractivity contribution in [2.75, 3.05) is 38.2 Å². The van der Waals surface area contributed by atoms with E-state index in [0.717, 1.165) is 56.9 Å². The topological polar surface area (TPSA) is 53.6 Å². The van der Waals surface area contributed by atoms with Crippen molar-refractivity contribution in [2.45, 2.75) is 38.1 Å². The zero-order valence-electron chi connectivity index (χ0n) is 14.6. The van der Waals surface area contributed by atoms with Gasteiger partial charge in [0.15, 0.2) is 0 Å². The fraction of sp³-hybridized carbons (Fsp3) is 0.632. The van der Waals surface area contributed by atoms with Crippen LogP contribution < -0.4 is 20.3 Å². The molecule has 2 fully saturated rings. The lowest BCUT2D eigenvalue weighted by molar-refractivity contribution is -0.122. The van der Waals surface area contributed by atoms with Crippen LogP contribution in [0, 0.1) is 5.92 Å². The molecule has 1 atom stereocenters. The van der Waals surface area contributed by atoms with Crippen molar-refractivity contribution in [3.63, 3.8) is 0 Å². The first-order chi connectivity index (χ1) is 11.8. The number of nitrogens with zero attached hydrogens (tertiary/aromatic N) is 1. The molecule has 24 heavy (non-hydrogen) atoms. The molecule has 2 aliphatic rings. The minimum atomic E-state index is 0.220. The summed E-state index contributed by atoms with van der Waals surface area (Å²) in [6, 6.07) is 8.46. The van der Waals surface area contributed by atoms with Crippen LogP contribution >= 0.6 is 0 Å². The summed E-state index contributed by atoms with van der Waals surface area (Å²) in [5.74, 6) is 1.82. The van der Waals surface area contributed by atoms with Gasteiger partial charge in [-0.25, -0.2) is 0 Å². The van der Waals surface area contributed by atoms with Crippen LogP contribution in [-0.2, 0) is 4.79 Å². The van der Waals surface area contributed by atoms with Gasteiger partial charge in [0, 0.05) is 25.6 Å². The van der Waals surface area contributed by atoms with Crippen LogP contribution in [-0.4, -0.2) is 45.2 Å². The van der Waals surface area contributed by atoms with Gasteiger partial charge in [0.1, 0.15) is 5.75 Å². The molecular formula is C19H29N3O2. The minimum Gasteiger partial charge on any atom is -0.495 e. The summed E-state index contributed by atoms with van der Waals surface area (Å²) in [6.45, 7) is 4.09. The SMILES string of the molecule is COc1ccccc1N1CCC(NC(=O)CCC2CCNC2)CC1. The highest BCUT2D eigenvalue weighted by Crippen LogP contribution is 2.29. The van der Waals surface area contributed by atoms with Gasteiger partial charge in [-0.3, -0.25) is 4.79 Å². The van der Waals surface area contributed by atoms with Gasteiger partial charge < -0.3 is 20.3 Å². The molecule has 132 valence electrons. The minimum absolute atomic E-state index is 0.220. The summed E-state index contributed by atoms with van der Waals surface area (Å²) < 4.78 is 5.45. The predicted molar refractivity (Wildman–Crippen MR) is 96.6 cm³/mol. The van der Waals surface area contributed by atoms with Crippen molar-refractivity contribution < 1.29 is 9.53 Å². The molecule has 0 bridgehead atoms. The molecule has 5 nitrogen and oxygen atoms in total. The third-order valence-electron chi connectivity index (χ3n) is 5.23. The molecular weight excluding hydrogens is 302 g/mol. The molecule has 2 N–H and O–H groups in total. The number of benzene rings is 1. The second-order valence-electron chi connectivity index (χ2n) is 6.90. The summed E-state index contributed by atoms with van der Waals surface area (Å²) in [5, 5.41) is 6.59. The molecule has 1 aromatic carbocycles. The van der Waals surface area contributed by atoms with E-state index in [1.54, 1.807) is 7.11 Å². The Labute approximate surface area is 144 Å². The number of amides is 1. The average molecular weight is 331 g/mol. The first-order valence-electron chi connectivity index (χ1n) is 9.14. The monoisotopic (exact) mass is 331 g/mol. The Morgan fingerprint density at radius 3 is 2.79 bits per heavy atom. The van der Waals surface area contributed by atoms with E-state index >= 15 is 0 Å². The third kappa shape index (κ3) is 4.41. The van der Waals surface area contributed by atoms with E-state index in [-0.39, 0.29) is 5.91 Å². The maximum atomic E-state index is 12.2. The number of hydrogen-bond acceptors (Lipinski definition) is 4. The number of rotatable bonds is 6. The zero-order valence-corrected chi connectivity index (χ0v) is 14.6. The summed E-state index contributed by atoms with van der Waals surface area (Å²) in [7, 11) is 1.71. The third-order valence-corrected chi connectivity index (χ3v) is 5.23. The summed E-state index contributed by atoms with van der Waals surface area (Å²) in [5.41, 5.74) is 1.15. The zero-order chi connectivity index (χ0) is 16.8. The van der Waals surface area contributed by atoms with Crippen LogP contribution in [0.2, 0.25) is 0 Å². The molecule has 0 aliphatic carbocycles. The number of nitrogens with one attached hydrogen (secondary N) is 2. The first-order valence-corrected chi connectivity index (χ1v) is 9.14. The molecule has 0 radical (unpaired) electrons. The lowest BCUT2D eigenvalue weighted by Gasteiger charge is -2.34. The fourth-order valence-electron chi connectivity index (χ4n) is 3.75.